The molecule has 0 aromatic heterocycles. The monoisotopic (exact) mass is 209 g/mol. The summed E-state index contributed by atoms with van der Waals surface area (Å²) in [4.78, 5) is 14.1. The number of likely N-dealkylation sites (tertiary alicyclic amines) is 1. The number of hydrogen-bond acceptors (Lipinski definition) is 2. The van der Waals surface area contributed by atoms with Gasteiger partial charge in [0.15, 0.2) is 0 Å². The van der Waals surface area contributed by atoms with Crippen LogP contribution in [0.5, 0.6) is 0 Å². The maximum atomic E-state index is 11.5. The van der Waals surface area contributed by atoms with E-state index in [1.54, 1.807) is 0 Å². The lowest BCUT2D eigenvalue weighted by molar-refractivity contribution is -0.126. The molecule has 0 spiro atoms. The van der Waals surface area contributed by atoms with Crippen LogP contribution in [0, 0.1) is 11.3 Å². The molecule has 2 nitrogen and oxygen atoms in total. The SMILES string of the molecule is CC1CN(C2CCCC2(C)C)CCC1=O. The van der Waals surface area contributed by atoms with Gasteiger partial charge in [-0.3, -0.25) is 9.69 Å². The molecule has 0 aromatic rings. The number of hydrogen-bond donors (Lipinski definition) is 0. The Hall–Kier alpha value is -0.370. The number of ketones is 1. The van der Waals surface area contributed by atoms with Gasteiger partial charge in [0.25, 0.3) is 0 Å². The van der Waals surface area contributed by atoms with E-state index in [-0.39, 0.29) is 5.92 Å². The first-order valence-electron chi connectivity index (χ1n) is 6.27. The van der Waals surface area contributed by atoms with Gasteiger partial charge in [0.05, 0.1) is 0 Å². The fourth-order valence-electron chi connectivity index (χ4n) is 3.31. The van der Waals surface area contributed by atoms with Crippen LogP contribution in [-0.4, -0.2) is 29.8 Å². The lowest BCUT2D eigenvalue weighted by Crippen LogP contribution is -2.49. The van der Waals surface area contributed by atoms with Crippen molar-refractivity contribution in [1.29, 1.82) is 0 Å². The normalized spacial score (nSPS) is 37.1. The van der Waals surface area contributed by atoms with Crippen LogP contribution in [-0.2, 0) is 4.79 Å². The zero-order chi connectivity index (χ0) is 11.1. The second-order valence-corrected chi connectivity index (χ2v) is 6.01. The minimum atomic E-state index is 0.259. The second-order valence-electron chi connectivity index (χ2n) is 6.01. The highest BCUT2D eigenvalue weighted by atomic mass is 16.1. The average Bonchev–Trinajstić information content (AvgIpc) is 2.50. The van der Waals surface area contributed by atoms with E-state index < -0.39 is 0 Å². The Morgan fingerprint density at radius 2 is 2.13 bits per heavy atom. The van der Waals surface area contributed by atoms with Crippen molar-refractivity contribution in [2.75, 3.05) is 13.1 Å². The molecule has 15 heavy (non-hydrogen) atoms. The number of piperidine rings is 1. The molecular weight excluding hydrogens is 186 g/mol. The summed E-state index contributed by atoms with van der Waals surface area (Å²) in [6.45, 7) is 8.83. The molecule has 1 saturated heterocycles. The molecule has 2 rings (SSSR count). The van der Waals surface area contributed by atoms with Crippen LogP contribution < -0.4 is 0 Å². The minimum absolute atomic E-state index is 0.259. The van der Waals surface area contributed by atoms with Gasteiger partial charge in [0.2, 0.25) is 0 Å². The molecule has 86 valence electrons. The first-order chi connectivity index (χ1) is 7.00. The zero-order valence-electron chi connectivity index (χ0n) is 10.3. The van der Waals surface area contributed by atoms with Crippen LogP contribution in [0.2, 0.25) is 0 Å². The summed E-state index contributed by atoms with van der Waals surface area (Å²) in [5.74, 6) is 0.720. The van der Waals surface area contributed by atoms with Gasteiger partial charge in [0.1, 0.15) is 5.78 Å². The molecule has 0 radical (unpaired) electrons. The first kappa shape index (κ1) is 11.1. The van der Waals surface area contributed by atoms with Gasteiger partial charge in [-0.1, -0.05) is 27.2 Å². The van der Waals surface area contributed by atoms with Gasteiger partial charge in [-0.2, -0.15) is 0 Å². The van der Waals surface area contributed by atoms with E-state index in [0.29, 0.717) is 17.2 Å². The van der Waals surface area contributed by atoms with E-state index in [0.717, 1.165) is 19.5 Å². The number of Topliss-reactive ketones (excluding diaryl/α,β-unsaturated/α-hetero) is 1. The second kappa shape index (κ2) is 3.89. The fraction of sp³-hybridized carbons (Fsp3) is 0.923. The summed E-state index contributed by atoms with van der Waals surface area (Å²) in [5.41, 5.74) is 0.458. The molecule has 2 unspecified atom stereocenters. The predicted octanol–water partition coefficient (Wildman–Crippen LogP) is 2.48. The van der Waals surface area contributed by atoms with Crippen molar-refractivity contribution in [3.8, 4) is 0 Å². The third kappa shape index (κ3) is 2.10. The summed E-state index contributed by atoms with van der Waals surface area (Å²) in [6.07, 6.45) is 4.80. The number of carbonyl (C=O) groups is 1. The smallest absolute Gasteiger partial charge is 0.138 e. The summed E-state index contributed by atoms with van der Waals surface area (Å²) in [7, 11) is 0. The average molecular weight is 209 g/mol. The molecule has 1 aliphatic heterocycles. The van der Waals surface area contributed by atoms with Crippen molar-refractivity contribution in [1.82, 2.24) is 4.90 Å². The molecule has 1 heterocycles. The quantitative estimate of drug-likeness (QED) is 0.661. The predicted molar refractivity (Wildman–Crippen MR) is 61.8 cm³/mol. The largest absolute Gasteiger partial charge is 0.299 e. The molecule has 0 aromatic carbocycles. The van der Waals surface area contributed by atoms with Crippen molar-refractivity contribution < 1.29 is 4.79 Å². The number of rotatable bonds is 1. The third-order valence-corrected chi connectivity index (χ3v) is 4.34. The molecule has 1 saturated carbocycles. The molecule has 2 heteroatoms. The Morgan fingerprint density at radius 3 is 2.67 bits per heavy atom. The summed E-state index contributed by atoms with van der Waals surface area (Å²) in [6, 6.07) is 0.716. The molecule has 2 fully saturated rings. The number of nitrogens with zero attached hydrogens (tertiary/aromatic N) is 1. The number of carbonyl (C=O) groups excluding carboxylic acids is 1. The molecule has 2 atom stereocenters. The molecule has 1 aliphatic carbocycles. The lowest BCUT2D eigenvalue weighted by Gasteiger charge is -2.41. The van der Waals surface area contributed by atoms with Crippen molar-refractivity contribution in [3.05, 3.63) is 0 Å². The Morgan fingerprint density at radius 1 is 1.40 bits per heavy atom. The summed E-state index contributed by atoms with van der Waals surface area (Å²) < 4.78 is 0. The van der Waals surface area contributed by atoms with Crippen LogP contribution in [0.3, 0.4) is 0 Å². The van der Waals surface area contributed by atoms with Crippen LogP contribution in [0.1, 0.15) is 46.5 Å². The van der Waals surface area contributed by atoms with E-state index in [4.69, 9.17) is 0 Å². The Kier molecular flexibility index (Phi) is 2.89. The van der Waals surface area contributed by atoms with Crippen LogP contribution in [0.25, 0.3) is 0 Å². The Labute approximate surface area is 93.0 Å². The van der Waals surface area contributed by atoms with Gasteiger partial charge in [-0.05, 0) is 18.3 Å². The molecular formula is C13H23NO. The molecule has 2 aliphatic rings. The topological polar surface area (TPSA) is 20.3 Å². The van der Waals surface area contributed by atoms with Crippen molar-refractivity contribution >= 4 is 5.78 Å². The van der Waals surface area contributed by atoms with Crippen LogP contribution in [0.4, 0.5) is 0 Å². The van der Waals surface area contributed by atoms with Crippen LogP contribution in [0.15, 0.2) is 0 Å². The molecule has 0 bridgehead atoms. The van der Waals surface area contributed by atoms with Gasteiger partial charge < -0.3 is 0 Å². The molecule has 0 amide bonds. The maximum absolute atomic E-state index is 11.5. The van der Waals surface area contributed by atoms with E-state index in [2.05, 4.69) is 25.7 Å². The van der Waals surface area contributed by atoms with Gasteiger partial charge in [-0.15, -0.1) is 0 Å². The maximum Gasteiger partial charge on any atom is 0.138 e. The summed E-state index contributed by atoms with van der Waals surface area (Å²) in [5, 5.41) is 0. The first-order valence-corrected chi connectivity index (χ1v) is 6.27. The van der Waals surface area contributed by atoms with E-state index in [1.165, 1.54) is 19.3 Å². The Balaban J connectivity index is 2.02. The third-order valence-electron chi connectivity index (χ3n) is 4.34. The fourth-order valence-corrected chi connectivity index (χ4v) is 3.31. The van der Waals surface area contributed by atoms with Gasteiger partial charge in [-0.25, -0.2) is 0 Å². The summed E-state index contributed by atoms with van der Waals surface area (Å²) >= 11 is 0. The lowest BCUT2D eigenvalue weighted by atomic mass is 9.84. The van der Waals surface area contributed by atoms with Crippen LogP contribution >= 0.6 is 0 Å². The van der Waals surface area contributed by atoms with E-state index in [9.17, 15) is 4.79 Å². The van der Waals surface area contributed by atoms with Gasteiger partial charge in [0, 0.05) is 31.5 Å². The highest BCUT2D eigenvalue weighted by Crippen LogP contribution is 2.41. The minimum Gasteiger partial charge on any atom is -0.299 e. The van der Waals surface area contributed by atoms with E-state index >= 15 is 0 Å². The Bertz CT molecular complexity index is 259. The van der Waals surface area contributed by atoms with Crippen molar-refractivity contribution in [2.24, 2.45) is 11.3 Å². The van der Waals surface area contributed by atoms with Crippen molar-refractivity contribution in [3.63, 3.8) is 0 Å². The van der Waals surface area contributed by atoms with E-state index in [1.807, 2.05) is 0 Å². The zero-order valence-corrected chi connectivity index (χ0v) is 10.3. The highest BCUT2D eigenvalue weighted by Gasteiger charge is 2.40. The standard InChI is InChI=1S/C13H23NO/c1-10-9-14(8-6-11(10)15)12-5-4-7-13(12,2)3/h10,12H,4-9H2,1-3H3. The molecule has 0 N–H and O–H groups in total. The van der Waals surface area contributed by atoms with Crippen molar-refractivity contribution in [2.45, 2.75) is 52.5 Å². The van der Waals surface area contributed by atoms with Gasteiger partial charge >= 0.3 is 0 Å². The highest BCUT2D eigenvalue weighted by molar-refractivity contribution is 5.81.